The van der Waals surface area contributed by atoms with Gasteiger partial charge < -0.3 is 14.6 Å². The third kappa shape index (κ3) is 3.15. The Labute approximate surface area is 112 Å². The minimum atomic E-state index is -0.874. The lowest BCUT2D eigenvalue weighted by Crippen LogP contribution is -2.39. The summed E-state index contributed by atoms with van der Waals surface area (Å²) in [5, 5.41) is 9.97. The average Bonchev–Trinajstić information content (AvgIpc) is 2.78. The molecule has 4 nitrogen and oxygen atoms in total. The van der Waals surface area contributed by atoms with Crippen LogP contribution in [0.15, 0.2) is 24.3 Å². The van der Waals surface area contributed by atoms with Gasteiger partial charge in [-0.05, 0) is 43.2 Å². The quantitative estimate of drug-likeness (QED) is 0.668. The highest BCUT2D eigenvalue weighted by Gasteiger charge is 2.34. The fraction of sp³-hybridized carbons (Fsp3) is 0.400. The van der Waals surface area contributed by atoms with Gasteiger partial charge in [0.2, 0.25) is 0 Å². The molecule has 0 spiro atoms. The summed E-state index contributed by atoms with van der Waals surface area (Å²) >= 11 is 0. The van der Waals surface area contributed by atoms with Crippen molar-refractivity contribution in [1.82, 2.24) is 0 Å². The van der Waals surface area contributed by atoms with Crippen molar-refractivity contribution in [2.75, 3.05) is 7.11 Å². The zero-order chi connectivity index (χ0) is 14.0. The van der Waals surface area contributed by atoms with E-state index < -0.39 is 5.60 Å². The van der Waals surface area contributed by atoms with Gasteiger partial charge in [-0.2, -0.15) is 0 Å². The molecule has 1 aliphatic rings. The minimum Gasteiger partial charge on any atom is -0.487 e. The molecule has 0 radical (unpaired) electrons. The number of ether oxygens (including phenoxy) is 2. The third-order valence-corrected chi connectivity index (χ3v) is 3.16. The highest BCUT2D eigenvalue weighted by atomic mass is 16.5. The van der Waals surface area contributed by atoms with Crippen LogP contribution in [0, 0.1) is 0 Å². The smallest absolute Gasteiger partial charge is 0.330 e. The van der Waals surface area contributed by atoms with Gasteiger partial charge >= 0.3 is 5.97 Å². The van der Waals surface area contributed by atoms with Crippen LogP contribution in [0.4, 0.5) is 0 Å². The molecule has 0 unspecified atom stereocenters. The SMILES string of the molecule is COC(=O)/C=C/c1ccc2c(c1)C[C@@H](C(C)(C)O)O2. The lowest BCUT2D eigenvalue weighted by atomic mass is 9.96. The molecule has 1 aliphatic heterocycles. The van der Waals surface area contributed by atoms with Crippen molar-refractivity contribution >= 4 is 12.0 Å². The second-order valence-electron chi connectivity index (χ2n) is 5.19. The molecule has 0 amide bonds. The molecule has 0 saturated heterocycles. The Hall–Kier alpha value is -1.81. The zero-order valence-corrected chi connectivity index (χ0v) is 11.3. The van der Waals surface area contributed by atoms with Crippen LogP contribution in [-0.2, 0) is 16.0 Å². The first-order valence-electron chi connectivity index (χ1n) is 6.18. The van der Waals surface area contributed by atoms with Gasteiger partial charge in [0.25, 0.3) is 0 Å². The van der Waals surface area contributed by atoms with Gasteiger partial charge in [-0.15, -0.1) is 0 Å². The van der Waals surface area contributed by atoms with E-state index in [1.54, 1.807) is 19.9 Å². The predicted molar refractivity (Wildman–Crippen MR) is 71.9 cm³/mol. The first-order valence-corrected chi connectivity index (χ1v) is 6.18. The molecule has 2 rings (SSSR count). The summed E-state index contributed by atoms with van der Waals surface area (Å²) in [5.41, 5.74) is 1.07. The topological polar surface area (TPSA) is 55.8 Å². The van der Waals surface area contributed by atoms with Crippen molar-refractivity contribution in [2.24, 2.45) is 0 Å². The maximum Gasteiger partial charge on any atom is 0.330 e. The Morgan fingerprint density at radius 1 is 1.53 bits per heavy atom. The van der Waals surface area contributed by atoms with Gasteiger partial charge in [0.15, 0.2) is 0 Å². The fourth-order valence-corrected chi connectivity index (χ4v) is 2.00. The number of fused-ring (bicyclic) bond motifs is 1. The number of benzene rings is 1. The van der Waals surface area contributed by atoms with Crippen molar-refractivity contribution in [2.45, 2.75) is 32.0 Å². The Morgan fingerprint density at radius 3 is 2.89 bits per heavy atom. The molecule has 0 aromatic heterocycles. The van der Waals surface area contributed by atoms with Crippen LogP contribution >= 0.6 is 0 Å². The molecule has 0 fully saturated rings. The van der Waals surface area contributed by atoms with Crippen LogP contribution in [0.5, 0.6) is 5.75 Å². The van der Waals surface area contributed by atoms with E-state index >= 15 is 0 Å². The summed E-state index contributed by atoms with van der Waals surface area (Å²) in [6.07, 6.45) is 3.51. The first kappa shape index (κ1) is 13.6. The molecule has 1 aromatic carbocycles. The molecule has 19 heavy (non-hydrogen) atoms. The predicted octanol–water partition coefficient (Wildman–Crippen LogP) is 1.95. The van der Waals surface area contributed by atoms with E-state index in [2.05, 4.69) is 4.74 Å². The van der Waals surface area contributed by atoms with E-state index in [0.717, 1.165) is 16.9 Å². The minimum absolute atomic E-state index is 0.234. The summed E-state index contributed by atoms with van der Waals surface area (Å²) in [6.45, 7) is 3.48. The number of carbonyl (C=O) groups excluding carboxylic acids is 1. The highest BCUT2D eigenvalue weighted by molar-refractivity contribution is 5.87. The standard InChI is InChI=1S/C15H18O4/c1-15(2,17)13-9-11-8-10(4-6-12(11)19-13)5-7-14(16)18-3/h4-8,13,17H,9H2,1-3H3/b7-5+/t13-/m0/s1. The molecule has 1 N–H and O–H groups in total. The van der Waals surface area contributed by atoms with Crippen molar-refractivity contribution < 1.29 is 19.4 Å². The first-order chi connectivity index (χ1) is 8.90. The molecule has 1 heterocycles. The van der Waals surface area contributed by atoms with Crippen molar-refractivity contribution in [1.29, 1.82) is 0 Å². The lowest BCUT2D eigenvalue weighted by molar-refractivity contribution is -0.134. The van der Waals surface area contributed by atoms with E-state index in [1.165, 1.54) is 13.2 Å². The molecule has 4 heteroatoms. The van der Waals surface area contributed by atoms with Crippen LogP contribution in [0.1, 0.15) is 25.0 Å². The van der Waals surface area contributed by atoms with Crippen LogP contribution in [0.3, 0.4) is 0 Å². The van der Waals surface area contributed by atoms with Gasteiger partial charge in [-0.25, -0.2) is 4.79 Å². The normalized spacial score (nSPS) is 18.2. The monoisotopic (exact) mass is 262 g/mol. The number of esters is 1. The number of carbonyl (C=O) groups is 1. The number of hydrogen-bond donors (Lipinski definition) is 1. The van der Waals surface area contributed by atoms with Gasteiger partial charge in [0.05, 0.1) is 12.7 Å². The second-order valence-corrected chi connectivity index (χ2v) is 5.19. The summed E-state index contributed by atoms with van der Waals surface area (Å²) in [4.78, 5) is 11.0. The maximum absolute atomic E-state index is 11.0. The van der Waals surface area contributed by atoms with Crippen LogP contribution in [0.2, 0.25) is 0 Å². The number of methoxy groups -OCH3 is 1. The van der Waals surface area contributed by atoms with Gasteiger partial charge in [0.1, 0.15) is 11.9 Å². The van der Waals surface area contributed by atoms with Crippen molar-refractivity contribution in [3.63, 3.8) is 0 Å². The summed E-state index contributed by atoms with van der Waals surface area (Å²) in [5.74, 6) is 0.411. The van der Waals surface area contributed by atoms with Gasteiger partial charge in [0, 0.05) is 12.5 Å². The van der Waals surface area contributed by atoms with E-state index in [9.17, 15) is 9.90 Å². The Kier molecular flexibility index (Phi) is 3.62. The lowest BCUT2D eigenvalue weighted by Gasteiger charge is -2.24. The number of rotatable bonds is 3. The van der Waals surface area contributed by atoms with Crippen molar-refractivity contribution in [3.8, 4) is 5.75 Å². The second kappa shape index (κ2) is 5.05. The largest absolute Gasteiger partial charge is 0.487 e. The van der Waals surface area contributed by atoms with E-state index in [-0.39, 0.29) is 12.1 Å². The molecular formula is C15H18O4. The molecule has 0 bridgehead atoms. The van der Waals surface area contributed by atoms with E-state index in [0.29, 0.717) is 6.42 Å². The highest BCUT2D eigenvalue weighted by Crippen LogP contribution is 2.33. The number of hydrogen-bond acceptors (Lipinski definition) is 4. The molecule has 0 saturated carbocycles. The fourth-order valence-electron chi connectivity index (χ4n) is 2.00. The zero-order valence-electron chi connectivity index (χ0n) is 11.3. The molecule has 1 atom stereocenters. The Morgan fingerprint density at radius 2 is 2.26 bits per heavy atom. The van der Waals surface area contributed by atoms with Crippen LogP contribution < -0.4 is 4.74 Å². The number of aliphatic hydroxyl groups is 1. The third-order valence-electron chi connectivity index (χ3n) is 3.16. The molecular weight excluding hydrogens is 244 g/mol. The average molecular weight is 262 g/mol. The molecule has 0 aliphatic carbocycles. The Balaban J connectivity index is 2.15. The Bertz CT molecular complexity index is 511. The van der Waals surface area contributed by atoms with Crippen molar-refractivity contribution in [3.05, 3.63) is 35.4 Å². The molecule has 102 valence electrons. The summed E-state index contributed by atoms with van der Waals surface area (Å²) in [6, 6.07) is 5.68. The van der Waals surface area contributed by atoms with Gasteiger partial charge in [-0.3, -0.25) is 0 Å². The summed E-state index contributed by atoms with van der Waals surface area (Å²) in [7, 11) is 1.34. The van der Waals surface area contributed by atoms with Crippen LogP contribution in [-0.4, -0.2) is 29.9 Å². The van der Waals surface area contributed by atoms with E-state index in [4.69, 9.17) is 4.74 Å². The summed E-state index contributed by atoms with van der Waals surface area (Å²) < 4.78 is 10.3. The maximum atomic E-state index is 11.0. The molecule has 1 aromatic rings. The van der Waals surface area contributed by atoms with Gasteiger partial charge in [-0.1, -0.05) is 6.07 Å². The van der Waals surface area contributed by atoms with E-state index in [1.807, 2.05) is 18.2 Å². The van der Waals surface area contributed by atoms with Crippen LogP contribution in [0.25, 0.3) is 6.08 Å².